The lowest BCUT2D eigenvalue weighted by Crippen LogP contribution is -2.17. The van der Waals surface area contributed by atoms with Gasteiger partial charge in [0, 0.05) is 22.9 Å². The van der Waals surface area contributed by atoms with E-state index in [0.717, 1.165) is 4.47 Å². The van der Waals surface area contributed by atoms with Crippen molar-refractivity contribution in [2.75, 3.05) is 17.6 Å². The Balaban J connectivity index is 2.02. The van der Waals surface area contributed by atoms with E-state index in [1.54, 1.807) is 29.2 Å². The zero-order chi connectivity index (χ0) is 13.8. The fraction of sp³-hybridized carbons (Fsp3) is 0.167. The summed E-state index contributed by atoms with van der Waals surface area (Å²) in [6, 6.07) is 5.28. The van der Waals surface area contributed by atoms with Gasteiger partial charge in [-0.15, -0.1) is 0 Å². The van der Waals surface area contributed by atoms with Crippen molar-refractivity contribution in [1.82, 2.24) is 9.78 Å². The van der Waals surface area contributed by atoms with Crippen LogP contribution in [0.15, 0.2) is 35.1 Å². The van der Waals surface area contributed by atoms with Crippen molar-refractivity contribution in [2.45, 2.75) is 6.54 Å². The van der Waals surface area contributed by atoms with Crippen LogP contribution < -0.4 is 16.8 Å². The predicted octanol–water partition coefficient (Wildman–Crippen LogP) is 1.44. The molecule has 2 aromatic rings. The first kappa shape index (κ1) is 13.4. The van der Waals surface area contributed by atoms with E-state index in [1.807, 2.05) is 6.07 Å². The average Bonchev–Trinajstić information content (AvgIpc) is 2.75. The number of primary amides is 1. The van der Waals surface area contributed by atoms with Crippen LogP contribution >= 0.6 is 15.9 Å². The molecule has 0 fully saturated rings. The van der Waals surface area contributed by atoms with Crippen molar-refractivity contribution in [2.24, 2.45) is 5.73 Å². The number of carbonyl (C=O) groups excluding carboxylic acids is 1. The van der Waals surface area contributed by atoms with Gasteiger partial charge in [0.05, 0.1) is 24.0 Å². The zero-order valence-electron chi connectivity index (χ0n) is 10.1. The minimum atomic E-state index is -0.460. The van der Waals surface area contributed by atoms with Crippen LogP contribution in [0.4, 0.5) is 11.4 Å². The molecule has 1 aromatic carbocycles. The summed E-state index contributed by atoms with van der Waals surface area (Å²) in [5, 5.41) is 7.23. The monoisotopic (exact) mass is 323 g/mol. The molecule has 0 saturated heterocycles. The molecule has 1 aromatic heterocycles. The number of halogens is 1. The SMILES string of the molecule is NC(=O)c1ccc(Br)cc1NCCn1cc(N)cn1. The molecule has 19 heavy (non-hydrogen) atoms. The summed E-state index contributed by atoms with van der Waals surface area (Å²) < 4.78 is 2.60. The number of amides is 1. The quantitative estimate of drug-likeness (QED) is 0.775. The number of nitrogen functional groups attached to an aromatic ring is 1. The molecular weight excluding hydrogens is 310 g/mol. The number of nitrogens with two attached hydrogens (primary N) is 2. The Kier molecular flexibility index (Phi) is 4.06. The molecule has 0 atom stereocenters. The summed E-state index contributed by atoms with van der Waals surface area (Å²) in [4.78, 5) is 11.3. The molecule has 0 aliphatic heterocycles. The van der Waals surface area contributed by atoms with Crippen LogP contribution in [0.5, 0.6) is 0 Å². The third-order valence-electron chi connectivity index (χ3n) is 2.56. The number of hydrogen-bond acceptors (Lipinski definition) is 4. The molecular formula is C12H14BrN5O. The van der Waals surface area contributed by atoms with E-state index in [-0.39, 0.29) is 0 Å². The second-order valence-electron chi connectivity index (χ2n) is 4.02. The number of carbonyl (C=O) groups is 1. The molecule has 0 saturated carbocycles. The van der Waals surface area contributed by atoms with Crippen molar-refractivity contribution in [3.8, 4) is 0 Å². The fourth-order valence-corrected chi connectivity index (χ4v) is 2.05. The first-order chi connectivity index (χ1) is 9.06. The van der Waals surface area contributed by atoms with Gasteiger partial charge in [0.25, 0.3) is 5.91 Å². The highest BCUT2D eigenvalue weighted by Gasteiger charge is 2.08. The number of aromatic nitrogens is 2. The van der Waals surface area contributed by atoms with E-state index in [9.17, 15) is 4.79 Å². The highest BCUT2D eigenvalue weighted by molar-refractivity contribution is 9.10. The van der Waals surface area contributed by atoms with Crippen molar-refractivity contribution in [3.63, 3.8) is 0 Å². The average molecular weight is 324 g/mol. The molecule has 1 amide bonds. The predicted molar refractivity (Wildman–Crippen MR) is 77.8 cm³/mol. The zero-order valence-corrected chi connectivity index (χ0v) is 11.7. The van der Waals surface area contributed by atoms with Gasteiger partial charge in [0.15, 0.2) is 0 Å². The van der Waals surface area contributed by atoms with Gasteiger partial charge in [-0.1, -0.05) is 15.9 Å². The molecule has 2 rings (SSSR count). The van der Waals surface area contributed by atoms with Crippen molar-refractivity contribution in [3.05, 3.63) is 40.6 Å². The summed E-state index contributed by atoms with van der Waals surface area (Å²) >= 11 is 3.36. The van der Waals surface area contributed by atoms with Gasteiger partial charge in [-0.3, -0.25) is 9.48 Å². The highest BCUT2D eigenvalue weighted by Crippen LogP contribution is 2.21. The summed E-state index contributed by atoms with van der Waals surface area (Å²) in [7, 11) is 0. The Morgan fingerprint density at radius 2 is 2.26 bits per heavy atom. The maximum absolute atomic E-state index is 11.3. The lowest BCUT2D eigenvalue weighted by atomic mass is 10.1. The molecule has 0 radical (unpaired) electrons. The van der Waals surface area contributed by atoms with Crippen LogP contribution in [0.25, 0.3) is 0 Å². The topological polar surface area (TPSA) is 99.0 Å². The largest absolute Gasteiger partial charge is 0.396 e. The van der Waals surface area contributed by atoms with E-state index < -0.39 is 5.91 Å². The van der Waals surface area contributed by atoms with Gasteiger partial charge >= 0.3 is 0 Å². The van der Waals surface area contributed by atoms with E-state index >= 15 is 0 Å². The molecule has 7 heteroatoms. The Morgan fingerprint density at radius 3 is 2.89 bits per heavy atom. The van der Waals surface area contributed by atoms with E-state index in [4.69, 9.17) is 11.5 Å². The van der Waals surface area contributed by atoms with Gasteiger partial charge in [-0.25, -0.2) is 0 Å². The number of anilines is 2. The summed E-state index contributed by atoms with van der Waals surface area (Å²) in [5.41, 5.74) is 12.7. The van der Waals surface area contributed by atoms with Crippen LogP contribution in [-0.2, 0) is 6.54 Å². The number of hydrogen-bond donors (Lipinski definition) is 3. The molecule has 0 aliphatic carbocycles. The molecule has 0 aliphatic rings. The Morgan fingerprint density at radius 1 is 1.47 bits per heavy atom. The van der Waals surface area contributed by atoms with Crippen molar-refractivity contribution in [1.29, 1.82) is 0 Å². The maximum Gasteiger partial charge on any atom is 0.250 e. The Hall–Kier alpha value is -2.02. The van der Waals surface area contributed by atoms with Crippen LogP contribution in [0, 0.1) is 0 Å². The number of nitrogens with zero attached hydrogens (tertiary/aromatic N) is 2. The summed E-state index contributed by atoms with van der Waals surface area (Å²) in [6.07, 6.45) is 3.34. The fourth-order valence-electron chi connectivity index (χ4n) is 1.68. The first-order valence-electron chi connectivity index (χ1n) is 5.67. The second-order valence-corrected chi connectivity index (χ2v) is 4.93. The van der Waals surface area contributed by atoms with Crippen LogP contribution in [-0.4, -0.2) is 22.2 Å². The second kappa shape index (κ2) is 5.75. The highest BCUT2D eigenvalue weighted by atomic mass is 79.9. The molecule has 6 nitrogen and oxygen atoms in total. The summed E-state index contributed by atoms with van der Waals surface area (Å²) in [6.45, 7) is 1.25. The van der Waals surface area contributed by atoms with Gasteiger partial charge in [-0.05, 0) is 18.2 Å². The maximum atomic E-state index is 11.3. The first-order valence-corrected chi connectivity index (χ1v) is 6.47. The molecule has 0 bridgehead atoms. The standard InChI is InChI=1S/C12H14BrN5O/c13-8-1-2-10(12(15)19)11(5-8)16-3-4-18-7-9(14)6-17-18/h1-2,5-7,16H,3-4,14H2,(H2,15,19). The molecule has 1 heterocycles. The Bertz CT molecular complexity index is 596. The molecule has 5 N–H and O–H groups in total. The molecule has 0 unspecified atom stereocenters. The van der Waals surface area contributed by atoms with E-state index in [1.165, 1.54) is 0 Å². The third-order valence-corrected chi connectivity index (χ3v) is 3.05. The number of benzene rings is 1. The van der Waals surface area contributed by atoms with E-state index in [2.05, 4.69) is 26.3 Å². The lowest BCUT2D eigenvalue weighted by molar-refractivity contribution is 0.100. The minimum Gasteiger partial charge on any atom is -0.396 e. The number of nitrogens with one attached hydrogen (secondary N) is 1. The lowest BCUT2D eigenvalue weighted by Gasteiger charge is -2.10. The number of rotatable bonds is 5. The van der Waals surface area contributed by atoms with Crippen LogP contribution in [0.3, 0.4) is 0 Å². The van der Waals surface area contributed by atoms with Crippen LogP contribution in [0.1, 0.15) is 10.4 Å². The summed E-state index contributed by atoms with van der Waals surface area (Å²) in [5.74, 6) is -0.460. The minimum absolute atomic E-state index is 0.460. The third kappa shape index (κ3) is 3.47. The van der Waals surface area contributed by atoms with Gasteiger partial charge in [-0.2, -0.15) is 5.10 Å². The normalized spacial score (nSPS) is 10.4. The Labute approximate surface area is 118 Å². The van der Waals surface area contributed by atoms with Crippen LogP contribution in [0.2, 0.25) is 0 Å². The van der Waals surface area contributed by atoms with E-state index in [0.29, 0.717) is 30.0 Å². The van der Waals surface area contributed by atoms with Gasteiger partial charge in [0.1, 0.15) is 0 Å². The smallest absolute Gasteiger partial charge is 0.250 e. The molecule has 0 spiro atoms. The van der Waals surface area contributed by atoms with Gasteiger partial charge in [0.2, 0.25) is 0 Å². The van der Waals surface area contributed by atoms with Gasteiger partial charge < -0.3 is 16.8 Å². The van der Waals surface area contributed by atoms with Crippen molar-refractivity contribution < 1.29 is 4.79 Å². The van der Waals surface area contributed by atoms with Crippen molar-refractivity contribution >= 4 is 33.2 Å². The molecule has 100 valence electrons.